The lowest BCUT2D eigenvalue weighted by Gasteiger charge is -2.07. The summed E-state index contributed by atoms with van der Waals surface area (Å²) in [4.78, 5) is 19.6. The second kappa shape index (κ2) is 6.19. The predicted molar refractivity (Wildman–Crippen MR) is 95.0 cm³/mol. The van der Waals surface area contributed by atoms with E-state index in [0.29, 0.717) is 11.3 Å². The molecule has 0 fully saturated rings. The molecule has 0 atom stereocenters. The molecule has 26 heavy (non-hydrogen) atoms. The van der Waals surface area contributed by atoms with E-state index in [9.17, 15) is 14.5 Å². The van der Waals surface area contributed by atoms with Crippen molar-refractivity contribution in [2.24, 2.45) is 7.05 Å². The molecule has 130 valence electrons. The summed E-state index contributed by atoms with van der Waals surface area (Å²) in [7, 11) is 1.88. The van der Waals surface area contributed by atoms with Crippen LogP contribution in [0.3, 0.4) is 0 Å². The van der Waals surface area contributed by atoms with Crippen molar-refractivity contribution in [3.8, 4) is 22.1 Å². The number of nitro groups is 1. The molecule has 7 nitrogen and oxygen atoms in total. The van der Waals surface area contributed by atoms with Crippen LogP contribution in [0.2, 0.25) is 0 Å². The molecule has 1 aromatic carbocycles. The van der Waals surface area contributed by atoms with Crippen molar-refractivity contribution in [1.29, 1.82) is 0 Å². The molecule has 0 unspecified atom stereocenters. The van der Waals surface area contributed by atoms with Gasteiger partial charge in [0.2, 0.25) is 0 Å². The zero-order valence-electron chi connectivity index (χ0n) is 13.4. The van der Waals surface area contributed by atoms with Crippen molar-refractivity contribution >= 4 is 27.2 Å². The minimum atomic E-state index is -0.800. The Morgan fingerprint density at radius 1 is 1.23 bits per heavy atom. The number of ether oxygens (including phenoxy) is 1. The summed E-state index contributed by atoms with van der Waals surface area (Å²) in [6.45, 7) is 0. The lowest BCUT2D eigenvalue weighted by Crippen LogP contribution is -1.92. The van der Waals surface area contributed by atoms with Crippen LogP contribution < -0.4 is 4.74 Å². The third kappa shape index (κ3) is 2.88. The molecule has 0 saturated carbocycles. The highest BCUT2D eigenvalue weighted by atomic mass is 32.1. The zero-order valence-corrected chi connectivity index (χ0v) is 14.2. The lowest BCUT2D eigenvalue weighted by molar-refractivity contribution is -0.385. The summed E-state index contributed by atoms with van der Waals surface area (Å²) in [6, 6.07) is 6.79. The van der Waals surface area contributed by atoms with Crippen molar-refractivity contribution < 1.29 is 14.1 Å². The number of pyridine rings is 1. The molecule has 0 aliphatic rings. The first-order valence-corrected chi connectivity index (χ1v) is 8.31. The first kappa shape index (κ1) is 16.2. The summed E-state index contributed by atoms with van der Waals surface area (Å²) < 4.78 is 22.4. The van der Waals surface area contributed by atoms with Crippen molar-refractivity contribution in [2.45, 2.75) is 0 Å². The number of benzene rings is 1. The van der Waals surface area contributed by atoms with Gasteiger partial charge in [0.15, 0.2) is 11.6 Å². The number of hydrogen-bond donors (Lipinski definition) is 0. The van der Waals surface area contributed by atoms with Gasteiger partial charge in [-0.1, -0.05) is 0 Å². The van der Waals surface area contributed by atoms with Gasteiger partial charge in [0.05, 0.1) is 38.1 Å². The fourth-order valence-corrected chi connectivity index (χ4v) is 3.49. The van der Waals surface area contributed by atoms with E-state index in [1.807, 2.05) is 23.9 Å². The Labute approximate surface area is 150 Å². The molecule has 0 N–H and O–H groups in total. The van der Waals surface area contributed by atoms with Gasteiger partial charge in [-0.2, -0.15) is 0 Å². The van der Waals surface area contributed by atoms with Crippen LogP contribution in [-0.4, -0.2) is 19.5 Å². The van der Waals surface area contributed by atoms with Gasteiger partial charge in [-0.05, 0) is 12.1 Å². The van der Waals surface area contributed by atoms with E-state index in [-0.39, 0.29) is 11.4 Å². The van der Waals surface area contributed by atoms with Gasteiger partial charge in [0.1, 0.15) is 5.75 Å². The summed E-state index contributed by atoms with van der Waals surface area (Å²) in [5.41, 5.74) is 1.18. The Kier molecular flexibility index (Phi) is 3.85. The van der Waals surface area contributed by atoms with Crippen LogP contribution >= 0.6 is 11.3 Å². The van der Waals surface area contributed by atoms with Crippen molar-refractivity contribution in [2.75, 3.05) is 0 Å². The summed E-state index contributed by atoms with van der Waals surface area (Å²) >= 11 is 1.43. The smallest absolute Gasteiger partial charge is 0.272 e. The number of hydrogen-bond acceptors (Lipinski definition) is 6. The van der Waals surface area contributed by atoms with Crippen LogP contribution in [0, 0.1) is 15.9 Å². The highest BCUT2D eigenvalue weighted by Gasteiger charge is 2.16. The molecule has 0 aliphatic heterocycles. The highest BCUT2D eigenvalue weighted by molar-refractivity contribution is 7.22. The van der Waals surface area contributed by atoms with Gasteiger partial charge in [0, 0.05) is 31.6 Å². The quantitative estimate of drug-likeness (QED) is 0.389. The second-order valence-electron chi connectivity index (χ2n) is 5.53. The number of imidazole rings is 1. The van der Waals surface area contributed by atoms with Gasteiger partial charge in [-0.25, -0.2) is 9.37 Å². The van der Waals surface area contributed by atoms with Crippen LogP contribution in [-0.2, 0) is 7.05 Å². The topological polar surface area (TPSA) is 83.1 Å². The van der Waals surface area contributed by atoms with Crippen LogP contribution in [0.5, 0.6) is 11.5 Å². The maximum absolute atomic E-state index is 14.1. The van der Waals surface area contributed by atoms with Gasteiger partial charge >= 0.3 is 0 Å². The average Bonchev–Trinajstić information content (AvgIpc) is 3.23. The number of nitrogens with zero attached hydrogens (tertiary/aromatic N) is 4. The number of fused-ring (bicyclic) bond motifs is 1. The molecule has 4 aromatic rings. The molecule has 3 aromatic heterocycles. The van der Waals surface area contributed by atoms with Gasteiger partial charge in [-0.15, -0.1) is 11.3 Å². The first-order chi connectivity index (χ1) is 12.5. The average molecular weight is 370 g/mol. The van der Waals surface area contributed by atoms with E-state index in [1.165, 1.54) is 23.5 Å². The number of halogens is 1. The van der Waals surface area contributed by atoms with E-state index in [0.717, 1.165) is 21.3 Å². The normalized spacial score (nSPS) is 11.0. The number of rotatable bonds is 4. The van der Waals surface area contributed by atoms with Crippen molar-refractivity contribution in [3.63, 3.8) is 0 Å². The maximum Gasteiger partial charge on any atom is 0.272 e. The monoisotopic (exact) mass is 370 g/mol. The first-order valence-electron chi connectivity index (χ1n) is 7.50. The van der Waals surface area contributed by atoms with E-state index in [2.05, 4.69) is 9.97 Å². The molecule has 9 heteroatoms. The van der Waals surface area contributed by atoms with Gasteiger partial charge in [0.25, 0.3) is 5.69 Å². The molecule has 0 spiro atoms. The van der Waals surface area contributed by atoms with E-state index in [1.54, 1.807) is 18.6 Å². The number of thiophene rings is 1. The predicted octanol–water partition coefficient (Wildman–Crippen LogP) is 4.54. The van der Waals surface area contributed by atoms with Crippen molar-refractivity contribution in [1.82, 2.24) is 14.5 Å². The standard InChI is InChI=1S/C17H11FN4O3S/c1-21-8-13(20-9-21)16-7-12-17(26-16)15(4-5-19-12)25-14-3-2-10(22(23)24)6-11(14)18/h2-9H,1H3. The molecule has 0 radical (unpaired) electrons. The molecule has 3 heterocycles. The van der Waals surface area contributed by atoms with E-state index < -0.39 is 10.7 Å². The van der Waals surface area contributed by atoms with E-state index >= 15 is 0 Å². The fourth-order valence-electron chi connectivity index (χ4n) is 2.47. The molecule has 0 amide bonds. The number of non-ortho nitro benzene ring substituents is 1. The molecule has 0 aliphatic carbocycles. The van der Waals surface area contributed by atoms with Gasteiger partial charge in [-0.3, -0.25) is 15.1 Å². The Morgan fingerprint density at radius 2 is 2.08 bits per heavy atom. The maximum atomic E-state index is 14.1. The summed E-state index contributed by atoms with van der Waals surface area (Å²) in [6.07, 6.45) is 5.16. The van der Waals surface area contributed by atoms with Gasteiger partial charge < -0.3 is 9.30 Å². The Balaban J connectivity index is 1.73. The number of aromatic nitrogens is 3. The number of aryl methyl sites for hydroxylation is 1. The van der Waals surface area contributed by atoms with Crippen molar-refractivity contribution in [3.05, 3.63) is 65.0 Å². The van der Waals surface area contributed by atoms with Crippen LogP contribution in [0.15, 0.2) is 49.1 Å². The molecule has 4 rings (SSSR count). The third-order valence-electron chi connectivity index (χ3n) is 3.68. The van der Waals surface area contributed by atoms with Crippen LogP contribution in [0.25, 0.3) is 20.8 Å². The van der Waals surface area contributed by atoms with E-state index in [4.69, 9.17) is 4.74 Å². The molecule has 0 saturated heterocycles. The minimum absolute atomic E-state index is 0.0871. The third-order valence-corrected chi connectivity index (χ3v) is 4.84. The zero-order chi connectivity index (χ0) is 18.3. The Morgan fingerprint density at radius 3 is 2.77 bits per heavy atom. The molecular formula is C17H11FN4O3S. The minimum Gasteiger partial charge on any atom is -0.453 e. The lowest BCUT2D eigenvalue weighted by atomic mass is 10.3. The highest BCUT2D eigenvalue weighted by Crippen LogP contribution is 2.39. The SMILES string of the molecule is Cn1cnc(-c2cc3nccc(Oc4ccc([N+](=O)[O-])cc4F)c3s2)c1. The molecular weight excluding hydrogens is 359 g/mol. The number of nitro benzene ring substituents is 1. The second-order valence-corrected chi connectivity index (χ2v) is 6.58. The Hall–Kier alpha value is -3.33. The summed E-state index contributed by atoms with van der Waals surface area (Å²) in [5, 5.41) is 10.7. The van der Waals surface area contributed by atoms with Crippen LogP contribution in [0.4, 0.5) is 10.1 Å². The Bertz CT molecular complexity index is 1140. The summed E-state index contributed by atoms with van der Waals surface area (Å²) in [5.74, 6) is -0.462. The largest absolute Gasteiger partial charge is 0.453 e. The van der Waals surface area contributed by atoms with Crippen LogP contribution in [0.1, 0.15) is 0 Å². The fraction of sp³-hybridized carbons (Fsp3) is 0.0588. The molecule has 0 bridgehead atoms.